The van der Waals surface area contributed by atoms with Gasteiger partial charge in [-0.05, 0) is 25.8 Å². The van der Waals surface area contributed by atoms with Gasteiger partial charge in [-0.3, -0.25) is 9.48 Å². The van der Waals surface area contributed by atoms with E-state index in [1.165, 1.54) is 0 Å². The summed E-state index contributed by atoms with van der Waals surface area (Å²) in [5.74, 6) is 0.756. The Morgan fingerprint density at radius 1 is 1.33 bits per heavy atom. The predicted molar refractivity (Wildman–Crippen MR) is 73.3 cm³/mol. The average molecular weight is 251 g/mol. The second-order valence-electron chi connectivity index (χ2n) is 4.72. The summed E-state index contributed by atoms with van der Waals surface area (Å²) in [4.78, 5) is 14.4. The van der Waals surface area contributed by atoms with Gasteiger partial charge in [0.25, 0.3) is 0 Å². The molecule has 1 atom stereocenters. The Hall–Kier alpha value is -1.32. The van der Waals surface area contributed by atoms with Crippen molar-refractivity contribution in [3.63, 3.8) is 0 Å². The van der Waals surface area contributed by atoms with Gasteiger partial charge in [0, 0.05) is 25.5 Å². The molecular formula is C14H25N3O. The van der Waals surface area contributed by atoms with E-state index >= 15 is 0 Å². The van der Waals surface area contributed by atoms with Crippen LogP contribution in [-0.2, 0) is 4.79 Å². The Balaban J connectivity index is 2.67. The first-order valence-corrected chi connectivity index (χ1v) is 6.91. The monoisotopic (exact) mass is 251 g/mol. The molecule has 102 valence electrons. The highest BCUT2D eigenvalue weighted by Crippen LogP contribution is 2.14. The molecule has 0 unspecified atom stereocenters. The molecular weight excluding hydrogens is 226 g/mol. The maximum absolute atomic E-state index is 12.4. The number of carbonyl (C=O) groups is 1. The summed E-state index contributed by atoms with van der Waals surface area (Å²) in [5, 5.41) is 4.14. The molecule has 0 aliphatic rings. The largest absolute Gasteiger partial charge is 0.341 e. The lowest BCUT2D eigenvalue weighted by Gasteiger charge is -2.28. The number of hydrogen-bond donors (Lipinski definition) is 0. The molecule has 0 aromatic carbocycles. The lowest BCUT2D eigenvalue weighted by Crippen LogP contribution is -2.39. The molecule has 4 nitrogen and oxygen atoms in total. The topological polar surface area (TPSA) is 38.1 Å². The lowest BCUT2D eigenvalue weighted by atomic mass is 10.0. The van der Waals surface area contributed by atoms with Crippen molar-refractivity contribution in [3.05, 3.63) is 18.5 Å². The second kappa shape index (κ2) is 7.19. The van der Waals surface area contributed by atoms with E-state index in [9.17, 15) is 4.79 Å². The molecule has 0 bridgehead atoms. The van der Waals surface area contributed by atoms with Crippen molar-refractivity contribution in [2.75, 3.05) is 13.1 Å². The first-order chi connectivity index (χ1) is 8.63. The van der Waals surface area contributed by atoms with Gasteiger partial charge >= 0.3 is 0 Å². The molecule has 1 rings (SSSR count). The van der Waals surface area contributed by atoms with Crippen LogP contribution in [0.5, 0.6) is 0 Å². The minimum atomic E-state index is -0.214. The third-order valence-electron chi connectivity index (χ3n) is 3.61. The number of likely N-dealkylation sites (N-methyl/N-ethyl adjacent to an activating group) is 1. The van der Waals surface area contributed by atoms with Crippen molar-refractivity contribution in [2.24, 2.45) is 5.92 Å². The Kier molecular flexibility index (Phi) is 5.89. The molecule has 1 heterocycles. The number of carbonyl (C=O) groups excluding carboxylic acids is 1. The smallest absolute Gasteiger partial charge is 0.247 e. The predicted octanol–water partition coefficient (Wildman–Crippen LogP) is 2.73. The SMILES string of the molecule is CCC(CC)CN(CC)C(=O)[C@@H](C)n1cccn1. The summed E-state index contributed by atoms with van der Waals surface area (Å²) in [6.45, 7) is 9.93. The minimum absolute atomic E-state index is 0.160. The first kappa shape index (κ1) is 14.7. The summed E-state index contributed by atoms with van der Waals surface area (Å²) in [6.07, 6.45) is 5.79. The molecule has 18 heavy (non-hydrogen) atoms. The molecule has 0 saturated carbocycles. The van der Waals surface area contributed by atoms with Gasteiger partial charge in [0.1, 0.15) is 6.04 Å². The molecule has 1 aromatic rings. The molecule has 0 N–H and O–H groups in total. The lowest BCUT2D eigenvalue weighted by molar-refractivity contribution is -0.135. The third-order valence-corrected chi connectivity index (χ3v) is 3.61. The maximum atomic E-state index is 12.4. The van der Waals surface area contributed by atoms with Crippen molar-refractivity contribution in [1.82, 2.24) is 14.7 Å². The summed E-state index contributed by atoms with van der Waals surface area (Å²) >= 11 is 0. The first-order valence-electron chi connectivity index (χ1n) is 6.91. The van der Waals surface area contributed by atoms with E-state index < -0.39 is 0 Å². The van der Waals surface area contributed by atoms with E-state index in [4.69, 9.17) is 0 Å². The number of aromatic nitrogens is 2. The summed E-state index contributed by atoms with van der Waals surface area (Å²) < 4.78 is 1.72. The van der Waals surface area contributed by atoms with Crippen LogP contribution in [0.1, 0.15) is 46.6 Å². The van der Waals surface area contributed by atoms with Gasteiger partial charge in [-0.25, -0.2) is 0 Å². The molecule has 0 aliphatic heterocycles. The van der Waals surface area contributed by atoms with Gasteiger partial charge in [0.2, 0.25) is 5.91 Å². The van der Waals surface area contributed by atoms with Crippen LogP contribution < -0.4 is 0 Å². The zero-order valence-corrected chi connectivity index (χ0v) is 12.0. The molecule has 1 aromatic heterocycles. The van der Waals surface area contributed by atoms with Gasteiger partial charge in [-0.2, -0.15) is 5.10 Å². The summed E-state index contributed by atoms with van der Waals surface area (Å²) in [7, 11) is 0. The second-order valence-corrected chi connectivity index (χ2v) is 4.72. The highest BCUT2D eigenvalue weighted by molar-refractivity contribution is 5.79. The Labute approximate surface area is 110 Å². The quantitative estimate of drug-likeness (QED) is 0.747. The van der Waals surface area contributed by atoms with Crippen LogP contribution in [-0.4, -0.2) is 33.7 Å². The molecule has 4 heteroatoms. The van der Waals surface area contributed by atoms with E-state index in [-0.39, 0.29) is 11.9 Å². The molecule has 0 spiro atoms. The zero-order valence-electron chi connectivity index (χ0n) is 12.0. The zero-order chi connectivity index (χ0) is 13.5. The average Bonchev–Trinajstić information content (AvgIpc) is 2.92. The van der Waals surface area contributed by atoms with Gasteiger partial charge in [-0.1, -0.05) is 26.7 Å². The minimum Gasteiger partial charge on any atom is -0.341 e. The van der Waals surface area contributed by atoms with Crippen molar-refractivity contribution in [2.45, 2.75) is 46.6 Å². The molecule has 0 saturated heterocycles. The van der Waals surface area contributed by atoms with Crippen LogP contribution >= 0.6 is 0 Å². The number of nitrogens with zero attached hydrogens (tertiary/aromatic N) is 3. The van der Waals surface area contributed by atoms with Crippen molar-refractivity contribution >= 4 is 5.91 Å². The number of rotatable bonds is 7. The van der Waals surface area contributed by atoms with Gasteiger partial charge in [0.15, 0.2) is 0 Å². The Morgan fingerprint density at radius 3 is 2.44 bits per heavy atom. The van der Waals surface area contributed by atoms with Crippen LogP contribution in [0.25, 0.3) is 0 Å². The standard InChI is InChI=1S/C14H25N3O/c1-5-13(6-2)11-16(7-3)14(18)12(4)17-10-8-9-15-17/h8-10,12-13H,5-7,11H2,1-4H3/t12-/m1/s1. The van der Waals surface area contributed by atoms with Gasteiger partial charge < -0.3 is 4.90 Å². The Bertz CT molecular complexity index is 344. The van der Waals surface area contributed by atoms with Crippen molar-refractivity contribution < 1.29 is 4.79 Å². The van der Waals surface area contributed by atoms with E-state index in [0.717, 1.165) is 25.9 Å². The fourth-order valence-corrected chi connectivity index (χ4v) is 2.12. The van der Waals surface area contributed by atoms with Gasteiger partial charge in [0.05, 0.1) is 0 Å². The normalized spacial score (nSPS) is 12.7. The molecule has 0 radical (unpaired) electrons. The van der Waals surface area contributed by atoms with E-state index in [1.807, 2.05) is 31.0 Å². The van der Waals surface area contributed by atoms with Crippen LogP contribution in [0.15, 0.2) is 18.5 Å². The maximum Gasteiger partial charge on any atom is 0.247 e. The van der Waals surface area contributed by atoms with Crippen molar-refractivity contribution in [3.8, 4) is 0 Å². The molecule has 0 aliphatic carbocycles. The Morgan fingerprint density at radius 2 is 2.00 bits per heavy atom. The summed E-state index contributed by atoms with van der Waals surface area (Å²) in [6, 6.07) is 1.63. The molecule has 0 fully saturated rings. The fourth-order valence-electron chi connectivity index (χ4n) is 2.12. The third kappa shape index (κ3) is 3.59. The van der Waals surface area contributed by atoms with Crippen LogP contribution in [0.3, 0.4) is 0 Å². The number of amides is 1. The van der Waals surface area contributed by atoms with Crippen LogP contribution in [0, 0.1) is 5.92 Å². The molecule has 1 amide bonds. The summed E-state index contributed by atoms with van der Waals surface area (Å²) in [5.41, 5.74) is 0. The fraction of sp³-hybridized carbons (Fsp3) is 0.714. The highest BCUT2D eigenvalue weighted by Gasteiger charge is 2.22. The highest BCUT2D eigenvalue weighted by atomic mass is 16.2. The van der Waals surface area contributed by atoms with E-state index in [0.29, 0.717) is 5.92 Å². The van der Waals surface area contributed by atoms with Gasteiger partial charge in [-0.15, -0.1) is 0 Å². The van der Waals surface area contributed by atoms with E-state index in [2.05, 4.69) is 18.9 Å². The number of hydrogen-bond acceptors (Lipinski definition) is 2. The van der Waals surface area contributed by atoms with E-state index in [1.54, 1.807) is 10.9 Å². The van der Waals surface area contributed by atoms with Crippen LogP contribution in [0.4, 0.5) is 0 Å². The van der Waals surface area contributed by atoms with Crippen LogP contribution in [0.2, 0.25) is 0 Å². The van der Waals surface area contributed by atoms with Crippen molar-refractivity contribution in [1.29, 1.82) is 0 Å².